The molecule has 0 aliphatic heterocycles. The Hall–Kier alpha value is -2.07. The number of benzene rings is 1. The maximum atomic E-state index is 13.5. The van der Waals surface area contributed by atoms with Gasteiger partial charge in [0, 0.05) is 6.42 Å². The number of ether oxygens (including phenoxy) is 2. The monoisotopic (exact) mass is 642 g/mol. The summed E-state index contributed by atoms with van der Waals surface area (Å²) in [5.74, 6) is 0.686. The summed E-state index contributed by atoms with van der Waals surface area (Å²) >= 11 is 0. The van der Waals surface area contributed by atoms with Gasteiger partial charge in [0.05, 0.1) is 12.0 Å². The third-order valence-corrected chi connectivity index (χ3v) is 8.82. The molecule has 0 aliphatic carbocycles. The van der Waals surface area contributed by atoms with Crippen LogP contribution in [0.25, 0.3) is 4.13 Å². The zero-order chi connectivity index (χ0) is 32.7. The van der Waals surface area contributed by atoms with Gasteiger partial charge >= 0.3 is 16.7 Å². The van der Waals surface area contributed by atoms with Gasteiger partial charge in [0.1, 0.15) is 11.4 Å². The molecule has 2 atom stereocenters. The molecule has 0 saturated heterocycles. The van der Waals surface area contributed by atoms with Crippen molar-refractivity contribution in [1.29, 1.82) is 0 Å². The molecule has 0 fully saturated rings. The second kappa shape index (κ2) is 14.4. The van der Waals surface area contributed by atoms with Crippen LogP contribution in [0.1, 0.15) is 86.1 Å². The molecule has 0 spiro atoms. The molecule has 0 saturated carbocycles. The van der Waals surface area contributed by atoms with Crippen molar-refractivity contribution in [3.63, 3.8) is 0 Å². The number of esters is 1. The highest BCUT2D eigenvalue weighted by Crippen LogP contribution is 2.39. The number of hydrogen-bond donors (Lipinski definition) is 0. The summed E-state index contributed by atoms with van der Waals surface area (Å²) in [6.45, 7) is 14.1. The predicted molar refractivity (Wildman–Crippen MR) is 142 cm³/mol. The minimum Gasteiger partial charge on any atom is -0.488 e. The molecule has 1 aromatic carbocycles. The average Bonchev–Trinajstić information content (AvgIpc) is 2.81. The van der Waals surface area contributed by atoms with E-state index < -0.39 is 61.4 Å². The van der Waals surface area contributed by atoms with E-state index >= 15 is 0 Å². The van der Waals surface area contributed by atoms with Gasteiger partial charge in [-0.3, -0.25) is 4.79 Å². The molecule has 1 rings (SSSR count). The van der Waals surface area contributed by atoms with E-state index in [9.17, 15) is 48.0 Å². The van der Waals surface area contributed by atoms with Crippen molar-refractivity contribution >= 4 is 26.0 Å². The molecule has 0 amide bonds. The average molecular weight is 643 g/mol. The van der Waals surface area contributed by atoms with E-state index in [-0.39, 0.29) is 12.0 Å². The lowest BCUT2D eigenvalue weighted by Gasteiger charge is -2.29. The highest BCUT2D eigenvalue weighted by molar-refractivity contribution is 8.13. The first-order valence-corrected chi connectivity index (χ1v) is 15.4. The summed E-state index contributed by atoms with van der Waals surface area (Å²) in [4.78, 5) is 11.5. The third-order valence-electron chi connectivity index (χ3n) is 5.72. The first kappa shape index (κ1) is 38.9. The summed E-state index contributed by atoms with van der Waals surface area (Å²) in [5, 5.41) is -5.59. The van der Waals surface area contributed by atoms with Crippen molar-refractivity contribution in [3.05, 3.63) is 34.0 Å². The van der Waals surface area contributed by atoms with E-state index in [0.717, 1.165) is 9.88 Å². The number of nitrogens with zero attached hydrogens (tertiary/aromatic N) is 1. The fourth-order valence-electron chi connectivity index (χ4n) is 2.60. The quantitative estimate of drug-likeness (QED) is 0.175. The second-order valence-electron chi connectivity index (χ2n) is 10.8. The Kier molecular flexibility index (Phi) is 13.7. The van der Waals surface area contributed by atoms with Gasteiger partial charge in [-0.1, -0.05) is 32.9 Å². The lowest BCUT2D eigenvalue weighted by Crippen LogP contribution is -2.41. The summed E-state index contributed by atoms with van der Waals surface area (Å²) in [6.07, 6.45) is -3.63. The molecule has 41 heavy (non-hydrogen) atoms. The molecule has 16 heteroatoms. The number of halogens is 6. The van der Waals surface area contributed by atoms with Crippen LogP contribution in [0.4, 0.5) is 26.3 Å². The van der Waals surface area contributed by atoms with Crippen LogP contribution in [0, 0.1) is 5.41 Å². The van der Waals surface area contributed by atoms with Crippen LogP contribution in [-0.2, 0) is 29.6 Å². The van der Waals surface area contributed by atoms with Crippen LogP contribution in [0.3, 0.4) is 0 Å². The highest BCUT2D eigenvalue weighted by atomic mass is 32.3. The smallest absolute Gasteiger partial charge is 0.480 e. The first-order chi connectivity index (χ1) is 18.2. The molecule has 0 heterocycles. The minimum atomic E-state index is -6.82. The molecular weight excluding hydrogens is 604 g/mol. The van der Waals surface area contributed by atoms with Gasteiger partial charge in [-0.15, -0.1) is 0 Å². The third kappa shape index (κ3) is 12.0. The topological polar surface area (TPSA) is 118 Å². The molecule has 0 bridgehead atoms. The zero-order valence-electron chi connectivity index (χ0n) is 24.2. The van der Waals surface area contributed by atoms with Gasteiger partial charge in [0.25, 0.3) is 0 Å². The summed E-state index contributed by atoms with van der Waals surface area (Å²) in [7, 11) is -13.5. The molecule has 0 radical (unpaired) electrons. The maximum Gasteiger partial charge on any atom is 0.480 e. The van der Waals surface area contributed by atoms with Crippen LogP contribution >= 0.6 is 0 Å². The summed E-state index contributed by atoms with van der Waals surface area (Å²) in [6, 6.07) is 8.45. The Balaban J connectivity index is 0.000000897. The Labute approximate surface area is 238 Å². The molecule has 8 nitrogen and oxygen atoms in total. The molecule has 0 aliphatic rings. The van der Waals surface area contributed by atoms with E-state index in [1.165, 1.54) is 25.8 Å². The lowest BCUT2D eigenvalue weighted by atomic mass is 9.91. The van der Waals surface area contributed by atoms with Crippen molar-refractivity contribution < 1.29 is 57.4 Å². The Morgan fingerprint density at radius 2 is 1.39 bits per heavy atom. The van der Waals surface area contributed by atoms with Crippen molar-refractivity contribution in [2.24, 2.45) is 5.41 Å². The van der Waals surface area contributed by atoms with Gasteiger partial charge in [0.2, 0.25) is 0 Å². The van der Waals surface area contributed by atoms with Crippen LogP contribution in [0.15, 0.2) is 24.3 Å². The largest absolute Gasteiger partial charge is 0.488 e. The van der Waals surface area contributed by atoms with Crippen LogP contribution < -0.4 is 4.74 Å². The fraction of sp³-hybridized carbons (Fsp3) is 0.720. The molecule has 1 aromatic rings. The first-order valence-electron chi connectivity index (χ1n) is 12.5. The Morgan fingerprint density at radius 1 is 0.902 bits per heavy atom. The Morgan fingerprint density at radius 3 is 1.78 bits per heavy atom. The van der Waals surface area contributed by atoms with E-state index in [1.807, 2.05) is 0 Å². The van der Waals surface area contributed by atoms with Crippen LogP contribution in [0.2, 0.25) is 0 Å². The maximum absolute atomic E-state index is 13.5. The normalized spacial score (nSPS) is 14.9. The molecule has 0 aromatic heterocycles. The van der Waals surface area contributed by atoms with Crippen LogP contribution in [-0.4, -0.2) is 51.9 Å². The molecular formula is C25H38F6NO7S2-. The van der Waals surface area contributed by atoms with Crippen molar-refractivity contribution in [2.75, 3.05) is 6.61 Å². The predicted octanol–water partition coefficient (Wildman–Crippen LogP) is 7.22. The van der Waals surface area contributed by atoms with Crippen molar-refractivity contribution in [1.82, 2.24) is 0 Å². The number of carbonyl (C=O) groups is 1. The van der Waals surface area contributed by atoms with E-state index in [2.05, 4.69) is 63.6 Å². The van der Waals surface area contributed by atoms with Gasteiger partial charge < -0.3 is 13.6 Å². The molecule has 240 valence electrons. The van der Waals surface area contributed by atoms with Gasteiger partial charge in [-0.25, -0.2) is 21.2 Å². The molecule has 0 N–H and O–H groups in total. The minimum absolute atomic E-state index is 0.113. The van der Waals surface area contributed by atoms with E-state index in [1.54, 1.807) is 6.92 Å². The SMILES string of the molecule is CCC(C)(C)C(=O)OCCC(F)C(F)(F)S(=O)(=O)[N-]S(=O)(=O)C(F)(F)F.CCC(C)c1ccc(OC(C)(C)C)cc1. The summed E-state index contributed by atoms with van der Waals surface area (Å²) in [5.41, 5.74) is -6.02. The number of rotatable bonds is 12. The lowest BCUT2D eigenvalue weighted by molar-refractivity contribution is -0.155. The molecule has 2 unspecified atom stereocenters. The van der Waals surface area contributed by atoms with Crippen molar-refractivity contribution in [3.8, 4) is 5.75 Å². The summed E-state index contributed by atoms with van der Waals surface area (Å²) < 4.78 is 131. The van der Waals surface area contributed by atoms with Crippen molar-refractivity contribution in [2.45, 2.75) is 103 Å². The number of carbonyl (C=O) groups excluding carboxylic acids is 1. The van der Waals surface area contributed by atoms with Crippen LogP contribution in [0.5, 0.6) is 5.75 Å². The number of sulfonamides is 2. The van der Waals surface area contributed by atoms with E-state index in [4.69, 9.17) is 4.74 Å². The van der Waals surface area contributed by atoms with E-state index in [0.29, 0.717) is 5.92 Å². The second-order valence-corrected chi connectivity index (χ2v) is 14.3. The van der Waals surface area contributed by atoms with Gasteiger partial charge in [-0.05, 0) is 71.1 Å². The number of hydrogen-bond acceptors (Lipinski definition) is 7. The van der Waals surface area contributed by atoms with Gasteiger partial charge in [0.15, 0.2) is 26.2 Å². The zero-order valence-corrected chi connectivity index (χ0v) is 25.8. The van der Waals surface area contributed by atoms with Gasteiger partial charge in [-0.2, -0.15) is 22.0 Å². The standard InChI is InChI=1S/C14H22O.C11H16F6NO6S2/c1-6-11(2)12-7-9-13(10-8-12)15-14(3,4)5;1-4-9(2,3)8(19)24-6-5-7(12)10(13,14)25(20,21)18-26(22,23)11(15,16)17/h7-11H,6H2,1-5H3;7H,4-6H2,1-3H3/q;-1. The number of alkyl halides is 6. The Bertz CT molecular complexity index is 1190. The fourth-order valence-corrected chi connectivity index (χ4v) is 4.81. The highest BCUT2D eigenvalue weighted by Gasteiger charge is 2.51.